The largest absolute Gasteiger partial charge is 0.365 e. The Morgan fingerprint density at radius 1 is 0.969 bits per heavy atom. The zero-order valence-corrected chi connectivity index (χ0v) is 17.3. The van der Waals surface area contributed by atoms with Gasteiger partial charge in [0.25, 0.3) is 5.91 Å². The zero-order valence-electron chi connectivity index (χ0n) is 16.5. The number of amides is 1. The molecule has 0 radical (unpaired) electrons. The topological polar surface area (TPSA) is 51.2 Å². The monoisotopic (exact) mass is 456 g/mol. The lowest BCUT2D eigenvalue weighted by atomic mass is 9.87. The van der Waals surface area contributed by atoms with Crippen molar-refractivity contribution in [1.82, 2.24) is 4.98 Å². The van der Waals surface area contributed by atoms with E-state index in [-0.39, 0.29) is 27.9 Å². The molecule has 2 aromatic carbocycles. The molecule has 0 saturated carbocycles. The Bertz CT molecular complexity index is 1280. The van der Waals surface area contributed by atoms with Gasteiger partial charge in [0, 0.05) is 34.1 Å². The molecule has 1 aromatic heterocycles. The van der Waals surface area contributed by atoms with Gasteiger partial charge in [0.15, 0.2) is 0 Å². The number of carbonyl (C=O) groups is 1. The maximum absolute atomic E-state index is 14.7. The molecule has 1 saturated heterocycles. The van der Waals surface area contributed by atoms with Crippen LogP contribution >= 0.6 is 11.6 Å². The van der Waals surface area contributed by atoms with E-state index in [2.05, 4.69) is 10.3 Å². The van der Waals surface area contributed by atoms with Gasteiger partial charge in [-0.2, -0.15) is 4.39 Å². The average molecular weight is 457 g/mol. The molecule has 2 atom stereocenters. The van der Waals surface area contributed by atoms with Gasteiger partial charge in [-0.1, -0.05) is 29.8 Å². The number of nitrogens with zero attached hydrogens (tertiary/aromatic N) is 1. The number of hydrogen-bond donors (Lipinski definition) is 1. The predicted octanol–water partition coefficient (Wildman–Crippen LogP) is 5.77. The third-order valence-corrected chi connectivity index (χ3v) is 6.09. The van der Waals surface area contributed by atoms with Gasteiger partial charge in [-0.25, -0.2) is 13.8 Å². The summed E-state index contributed by atoms with van der Waals surface area (Å²) in [6.07, 6.45) is 1.78. The Morgan fingerprint density at radius 2 is 1.72 bits per heavy atom. The summed E-state index contributed by atoms with van der Waals surface area (Å²) in [5.41, 5.74) is 1.64. The maximum atomic E-state index is 14.7. The molecule has 3 aromatic rings. The smallest absolute Gasteiger partial charge is 0.254 e. The fraction of sp³-hybridized carbons (Fsp3) is 0.167. The number of fused-ring (bicyclic) bond motifs is 2. The first-order valence-corrected chi connectivity index (χ1v) is 10.4. The molecule has 8 heteroatoms. The summed E-state index contributed by atoms with van der Waals surface area (Å²) in [5.74, 6) is -2.53. The van der Waals surface area contributed by atoms with E-state index in [9.17, 15) is 18.0 Å². The van der Waals surface area contributed by atoms with Crippen molar-refractivity contribution in [1.29, 1.82) is 0 Å². The van der Waals surface area contributed by atoms with Gasteiger partial charge in [0.2, 0.25) is 5.95 Å². The van der Waals surface area contributed by atoms with Gasteiger partial charge in [-0.15, -0.1) is 0 Å². The van der Waals surface area contributed by atoms with Crippen LogP contribution in [0.15, 0.2) is 60.3 Å². The van der Waals surface area contributed by atoms with Gasteiger partial charge in [-0.3, -0.25) is 4.79 Å². The first-order valence-electron chi connectivity index (χ1n) is 9.99. The summed E-state index contributed by atoms with van der Waals surface area (Å²) in [6.45, 7) is 0. The first-order chi connectivity index (χ1) is 15.4. The lowest BCUT2D eigenvalue weighted by Crippen LogP contribution is -2.23. The van der Waals surface area contributed by atoms with E-state index in [0.717, 1.165) is 6.07 Å². The van der Waals surface area contributed by atoms with E-state index in [0.29, 0.717) is 29.6 Å². The minimum absolute atomic E-state index is 0.0864. The van der Waals surface area contributed by atoms with E-state index < -0.39 is 29.6 Å². The molecule has 1 amide bonds. The second-order valence-corrected chi connectivity index (χ2v) is 7.99. The van der Waals surface area contributed by atoms with Crippen molar-refractivity contribution in [3.8, 4) is 11.1 Å². The number of aromatic nitrogens is 1. The van der Waals surface area contributed by atoms with E-state index in [1.165, 1.54) is 36.5 Å². The van der Waals surface area contributed by atoms with Gasteiger partial charge >= 0.3 is 0 Å². The van der Waals surface area contributed by atoms with Crippen LogP contribution in [0.3, 0.4) is 0 Å². The number of pyridine rings is 1. The number of halogens is 4. The molecule has 5 rings (SSSR count). The highest BCUT2D eigenvalue weighted by Crippen LogP contribution is 2.46. The standard InChI is InChI=1S/C24H16ClF3N2O2/c25-22-15(9-10-29-23(22)28)20-18-7-8-19(32-18)21(20)24(31)30-12-5-6-14(17(27)11-12)13-3-1-2-4-16(13)26/h1-6,9-11,18-19H,7-8H2,(H,30,31)/t18-,19?/m0/s1. The summed E-state index contributed by atoms with van der Waals surface area (Å²) in [5, 5.41) is 2.50. The Kier molecular flexibility index (Phi) is 5.23. The van der Waals surface area contributed by atoms with Crippen molar-refractivity contribution >= 4 is 28.8 Å². The Hall–Kier alpha value is -3.16. The summed E-state index contributed by atoms with van der Waals surface area (Å²) < 4.78 is 48.5. The first kappa shape index (κ1) is 20.7. The van der Waals surface area contributed by atoms with Crippen LogP contribution < -0.4 is 5.32 Å². The van der Waals surface area contributed by atoms with E-state index >= 15 is 0 Å². The van der Waals surface area contributed by atoms with Crippen LogP contribution in [-0.4, -0.2) is 23.1 Å². The van der Waals surface area contributed by atoms with Crippen LogP contribution in [0, 0.1) is 17.6 Å². The summed E-state index contributed by atoms with van der Waals surface area (Å²) in [7, 11) is 0. The zero-order chi connectivity index (χ0) is 22.4. The number of benzene rings is 2. The van der Waals surface area contributed by atoms with Crippen molar-refractivity contribution in [3.63, 3.8) is 0 Å². The quantitative estimate of drug-likeness (QED) is 0.507. The Morgan fingerprint density at radius 3 is 2.50 bits per heavy atom. The van der Waals surface area contributed by atoms with Crippen molar-refractivity contribution in [2.75, 3.05) is 5.32 Å². The van der Waals surface area contributed by atoms with Gasteiger partial charge in [-0.05, 0) is 43.2 Å². The predicted molar refractivity (Wildman–Crippen MR) is 114 cm³/mol. The van der Waals surface area contributed by atoms with Crippen molar-refractivity contribution < 1.29 is 22.7 Å². The van der Waals surface area contributed by atoms with Crippen molar-refractivity contribution in [2.24, 2.45) is 0 Å². The number of nitrogens with one attached hydrogen (secondary N) is 1. The molecule has 4 nitrogen and oxygen atoms in total. The maximum Gasteiger partial charge on any atom is 0.254 e. The third-order valence-electron chi connectivity index (χ3n) is 5.73. The molecule has 1 fully saturated rings. The minimum atomic E-state index is -0.829. The molecule has 1 unspecified atom stereocenters. The Labute approximate surface area is 186 Å². The molecule has 2 aliphatic rings. The van der Waals surface area contributed by atoms with E-state index in [4.69, 9.17) is 16.3 Å². The van der Waals surface area contributed by atoms with Crippen LogP contribution in [0.25, 0.3) is 16.7 Å². The highest BCUT2D eigenvalue weighted by molar-refractivity contribution is 6.32. The molecular weight excluding hydrogens is 441 g/mol. The van der Waals surface area contributed by atoms with E-state index in [1.807, 2.05) is 0 Å². The highest BCUT2D eigenvalue weighted by atomic mass is 35.5. The average Bonchev–Trinajstić information content (AvgIpc) is 3.38. The minimum Gasteiger partial charge on any atom is -0.365 e. The molecule has 2 aliphatic heterocycles. The molecule has 0 aliphatic carbocycles. The van der Waals surface area contributed by atoms with Gasteiger partial charge in [0.1, 0.15) is 16.7 Å². The summed E-state index contributed by atoms with van der Waals surface area (Å²) >= 11 is 6.11. The van der Waals surface area contributed by atoms with E-state index in [1.54, 1.807) is 12.1 Å². The Balaban J connectivity index is 1.48. The van der Waals surface area contributed by atoms with Crippen molar-refractivity contribution in [3.05, 3.63) is 88.5 Å². The lowest BCUT2D eigenvalue weighted by Gasteiger charge is -2.18. The fourth-order valence-electron chi connectivity index (χ4n) is 4.31. The third kappa shape index (κ3) is 3.47. The fourth-order valence-corrected chi connectivity index (χ4v) is 4.52. The molecule has 0 spiro atoms. The number of anilines is 1. The van der Waals surface area contributed by atoms with Crippen LogP contribution in [0.2, 0.25) is 5.02 Å². The summed E-state index contributed by atoms with van der Waals surface area (Å²) in [4.78, 5) is 16.6. The number of carbonyl (C=O) groups excluding carboxylic acids is 1. The normalized spacial score (nSPS) is 19.5. The molecule has 3 heterocycles. The second kappa shape index (κ2) is 8.07. The van der Waals surface area contributed by atoms with Gasteiger partial charge < -0.3 is 10.1 Å². The highest BCUT2D eigenvalue weighted by Gasteiger charge is 2.44. The second-order valence-electron chi connectivity index (χ2n) is 7.61. The van der Waals surface area contributed by atoms with Crippen LogP contribution in [-0.2, 0) is 9.53 Å². The van der Waals surface area contributed by atoms with Gasteiger partial charge in [0.05, 0.1) is 17.8 Å². The molecule has 2 bridgehead atoms. The van der Waals surface area contributed by atoms with Crippen LogP contribution in [0.5, 0.6) is 0 Å². The molecular formula is C24H16ClF3N2O2. The molecule has 1 N–H and O–H groups in total. The lowest BCUT2D eigenvalue weighted by molar-refractivity contribution is -0.113. The number of hydrogen-bond acceptors (Lipinski definition) is 3. The van der Waals surface area contributed by atoms with Crippen LogP contribution in [0.4, 0.5) is 18.9 Å². The SMILES string of the molecule is O=C(Nc1ccc(-c2ccccc2F)c(F)c1)C1=C(c2ccnc(F)c2Cl)[C@@H]2CCC1O2. The number of ether oxygens (including phenoxy) is 1. The molecule has 32 heavy (non-hydrogen) atoms. The summed E-state index contributed by atoms with van der Waals surface area (Å²) in [6, 6.07) is 11.4. The number of rotatable bonds is 4. The molecule has 162 valence electrons. The van der Waals surface area contributed by atoms with Crippen LogP contribution in [0.1, 0.15) is 18.4 Å². The van der Waals surface area contributed by atoms with Crippen molar-refractivity contribution in [2.45, 2.75) is 25.0 Å².